The Balaban J connectivity index is 2.19. The summed E-state index contributed by atoms with van der Waals surface area (Å²) in [6.45, 7) is 4.13. The zero-order valence-corrected chi connectivity index (χ0v) is 13.7. The van der Waals surface area contributed by atoms with E-state index in [4.69, 9.17) is 5.26 Å². The summed E-state index contributed by atoms with van der Waals surface area (Å²) in [6.07, 6.45) is 3.50. The molecular formula is C17H15N5S. The van der Waals surface area contributed by atoms with Gasteiger partial charge in [0.2, 0.25) is 0 Å². The highest BCUT2D eigenvalue weighted by Gasteiger charge is 2.17. The van der Waals surface area contributed by atoms with Gasteiger partial charge in [-0.3, -0.25) is 9.55 Å². The molecule has 0 aliphatic rings. The number of hydrogen-bond acceptors (Lipinski definition) is 5. The van der Waals surface area contributed by atoms with E-state index in [9.17, 15) is 0 Å². The third kappa shape index (κ3) is 3.10. The van der Waals surface area contributed by atoms with Crippen LogP contribution in [0.2, 0.25) is 0 Å². The van der Waals surface area contributed by atoms with E-state index >= 15 is 0 Å². The maximum atomic E-state index is 8.87. The molecule has 0 radical (unpaired) electrons. The smallest absolute Gasteiger partial charge is 0.197 e. The number of hydrogen-bond donors (Lipinski definition) is 0. The van der Waals surface area contributed by atoms with Crippen LogP contribution in [-0.4, -0.2) is 25.5 Å². The number of nitrogens with zero attached hydrogens (tertiary/aromatic N) is 5. The van der Waals surface area contributed by atoms with Crippen molar-refractivity contribution in [2.75, 3.05) is 5.75 Å². The fourth-order valence-corrected chi connectivity index (χ4v) is 3.02. The zero-order valence-electron chi connectivity index (χ0n) is 12.9. The number of benzene rings is 1. The normalized spacial score (nSPS) is 10.5. The fourth-order valence-electron chi connectivity index (χ4n) is 2.42. The van der Waals surface area contributed by atoms with E-state index in [0.717, 1.165) is 22.6 Å². The van der Waals surface area contributed by atoms with Crippen LogP contribution < -0.4 is 0 Å². The highest BCUT2D eigenvalue weighted by Crippen LogP contribution is 2.29. The second-order valence-electron chi connectivity index (χ2n) is 5.12. The Labute approximate surface area is 139 Å². The van der Waals surface area contributed by atoms with Gasteiger partial charge < -0.3 is 0 Å². The number of pyridine rings is 1. The lowest BCUT2D eigenvalue weighted by molar-refractivity contribution is 0.881. The lowest BCUT2D eigenvalue weighted by Gasteiger charge is -2.13. The maximum Gasteiger partial charge on any atom is 0.197 e. The minimum absolute atomic E-state index is 0.329. The van der Waals surface area contributed by atoms with E-state index in [1.807, 2.05) is 16.7 Å². The summed E-state index contributed by atoms with van der Waals surface area (Å²) in [4.78, 5) is 4.16. The van der Waals surface area contributed by atoms with Gasteiger partial charge in [0, 0.05) is 18.0 Å². The molecule has 114 valence electrons. The van der Waals surface area contributed by atoms with Crippen molar-refractivity contribution in [3.63, 3.8) is 0 Å². The van der Waals surface area contributed by atoms with Crippen LogP contribution in [0.1, 0.15) is 11.1 Å². The van der Waals surface area contributed by atoms with Crippen LogP contribution in [-0.2, 0) is 0 Å². The molecule has 23 heavy (non-hydrogen) atoms. The van der Waals surface area contributed by atoms with Crippen molar-refractivity contribution in [3.8, 4) is 23.1 Å². The van der Waals surface area contributed by atoms with E-state index in [0.29, 0.717) is 10.9 Å². The van der Waals surface area contributed by atoms with E-state index in [1.54, 1.807) is 12.4 Å². The van der Waals surface area contributed by atoms with Crippen LogP contribution in [0.4, 0.5) is 0 Å². The molecule has 0 aliphatic carbocycles. The summed E-state index contributed by atoms with van der Waals surface area (Å²) in [5, 5.41) is 18.2. The lowest BCUT2D eigenvalue weighted by Crippen LogP contribution is -2.02. The standard InChI is InChI=1S/C17H15N5S/c1-12-5-6-15(13(2)10-12)22-16(14-4-3-8-19-11-14)20-21-17(22)23-9-7-18/h3-6,8,10-11H,9H2,1-2H3. The molecule has 5 nitrogen and oxygen atoms in total. The summed E-state index contributed by atoms with van der Waals surface area (Å²) in [5.74, 6) is 1.06. The van der Waals surface area contributed by atoms with Gasteiger partial charge in [-0.05, 0) is 37.6 Å². The predicted octanol–water partition coefficient (Wildman–Crippen LogP) is 3.56. The largest absolute Gasteiger partial charge is 0.270 e. The van der Waals surface area contributed by atoms with Crippen molar-refractivity contribution in [2.45, 2.75) is 19.0 Å². The first-order valence-electron chi connectivity index (χ1n) is 7.14. The molecule has 0 aliphatic heterocycles. The van der Waals surface area contributed by atoms with Crippen LogP contribution >= 0.6 is 11.8 Å². The quantitative estimate of drug-likeness (QED) is 0.687. The average molecular weight is 321 g/mol. The molecule has 0 fully saturated rings. The van der Waals surface area contributed by atoms with Crippen molar-refractivity contribution in [2.24, 2.45) is 0 Å². The van der Waals surface area contributed by atoms with Crippen LogP contribution in [0, 0.1) is 25.2 Å². The Hall–Kier alpha value is -2.65. The number of aromatic nitrogens is 4. The summed E-state index contributed by atoms with van der Waals surface area (Å²) in [6, 6.07) is 12.2. The maximum absolute atomic E-state index is 8.87. The molecular weight excluding hydrogens is 306 g/mol. The monoisotopic (exact) mass is 321 g/mol. The number of thioether (sulfide) groups is 1. The van der Waals surface area contributed by atoms with E-state index in [-0.39, 0.29) is 0 Å². The average Bonchev–Trinajstić information content (AvgIpc) is 2.97. The van der Waals surface area contributed by atoms with Crippen molar-refractivity contribution in [1.82, 2.24) is 19.7 Å². The van der Waals surface area contributed by atoms with Gasteiger partial charge in [0.25, 0.3) is 0 Å². The molecule has 6 heteroatoms. The van der Waals surface area contributed by atoms with Crippen molar-refractivity contribution in [1.29, 1.82) is 5.26 Å². The van der Waals surface area contributed by atoms with Gasteiger partial charge in [0.05, 0.1) is 17.5 Å². The second-order valence-corrected chi connectivity index (χ2v) is 6.06. The van der Waals surface area contributed by atoms with Gasteiger partial charge in [-0.1, -0.05) is 29.5 Å². The van der Waals surface area contributed by atoms with Crippen LogP contribution in [0.5, 0.6) is 0 Å². The molecule has 3 rings (SSSR count). The fraction of sp³-hybridized carbons (Fsp3) is 0.176. The molecule has 0 N–H and O–H groups in total. The minimum Gasteiger partial charge on any atom is -0.270 e. The molecule has 1 aromatic carbocycles. The Bertz CT molecular complexity index is 864. The van der Waals surface area contributed by atoms with E-state index < -0.39 is 0 Å². The molecule has 2 heterocycles. The first-order valence-corrected chi connectivity index (χ1v) is 8.12. The highest BCUT2D eigenvalue weighted by atomic mass is 32.2. The van der Waals surface area contributed by atoms with Crippen LogP contribution in [0.3, 0.4) is 0 Å². The van der Waals surface area contributed by atoms with E-state index in [1.165, 1.54) is 17.3 Å². The molecule has 0 saturated carbocycles. The molecule has 3 aromatic rings. The van der Waals surface area contributed by atoms with Crippen molar-refractivity contribution in [3.05, 3.63) is 53.9 Å². The minimum atomic E-state index is 0.329. The van der Waals surface area contributed by atoms with Crippen LogP contribution in [0.25, 0.3) is 17.1 Å². The van der Waals surface area contributed by atoms with Crippen molar-refractivity contribution >= 4 is 11.8 Å². The Morgan fingerprint density at radius 3 is 2.78 bits per heavy atom. The number of nitriles is 1. The summed E-state index contributed by atoms with van der Waals surface area (Å²) < 4.78 is 1.99. The number of aryl methyl sites for hydroxylation is 2. The van der Waals surface area contributed by atoms with Gasteiger partial charge in [-0.15, -0.1) is 10.2 Å². The first kappa shape index (κ1) is 15.3. The molecule has 0 unspecified atom stereocenters. The van der Waals surface area contributed by atoms with Gasteiger partial charge in [0.1, 0.15) is 0 Å². The highest BCUT2D eigenvalue weighted by molar-refractivity contribution is 7.99. The predicted molar refractivity (Wildman–Crippen MR) is 90.4 cm³/mol. The molecule has 0 spiro atoms. The summed E-state index contributed by atoms with van der Waals surface area (Å²) >= 11 is 1.38. The van der Waals surface area contributed by atoms with Crippen molar-refractivity contribution < 1.29 is 0 Å². The summed E-state index contributed by atoms with van der Waals surface area (Å²) in [7, 11) is 0. The topological polar surface area (TPSA) is 67.4 Å². The summed E-state index contributed by atoms with van der Waals surface area (Å²) in [5.41, 5.74) is 4.24. The first-order chi connectivity index (χ1) is 11.2. The Morgan fingerprint density at radius 1 is 1.22 bits per heavy atom. The number of rotatable bonds is 4. The molecule has 0 atom stereocenters. The molecule has 0 saturated heterocycles. The lowest BCUT2D eigenvalue weighted by atomic mass is 10.1. The Morgan fingerprint density at radius 2 is 2.09 bits per heavy atom. The van der Waals surface area contributed by atoms with Gasteiger partial charge >= 0.3 is 0 Å². The molecule has 2 aromatic heterocycles. The third-order valence-electron chi connectivity index (χ3n) is 3.41. The Kier molecular flexibility index (Phi) is 4.40. The molecule has 0 amide bonds. The molecule has 0 bridgehead atoms. The third-order valence-corrected chi connectivity index (χ3v) is 4.21. The second kappa shape index (κ2) is 6.63. The van der Waals surface area contributed by atoms with E-state index in [2.05, 4.69) is 53.3 Å². The SMILES string of the molecule is Cc1ccc(-n2c(SCC#N)nnc2-c2cccnc2)c(C)c1. The van der Waals surface area contributed by atoms with Gasteiger partial charge in [-0.25, -0.2) is 0 Å². The van der Waals surface area contributed by atoms with Gasteiger partial charge in [-0.2, -0.15) is 5.26 Å². The zero-order chi connectivity index (χ0) is 16.2. The van der Waals surface area contributed by atoms with Gasteiger partial charge in [0.15, 0.2) is 11.0 Å². The van der Waals surface area contributed by atoms with Crippen LogP contribution in [0.15, 0.2) is 47.9 Å².